The molecule has 0 saturated carbocycles. The van der Waals surface area contributed by atoms with Crippen LogP contribution in [0.15, 0.2) is 24.3 Å². The van der Waals surface area contributed by atoms with Crippen molar-refractivity contribution in [2.75, 3.05) is 21.9 Å². The first-order valence-electron chi connectivity index (χ1n) is 8.52. The maximum Gasteiger partial charge on any atom is 0.276 e. The summed E-state index contributed by atoms with van der Waals surface area (Å²) in [5.74, 6) is -0.0450. The van der Waals surface area contributed by atoms with Crippen LogP contribution < -0.4 is 9.62 Å². The topological polar surface area (TPSA) is 95.2 Å². The van der Waals surface area contributed by atoms with E-state index in [1.165, 1.54) is 4.31 Å². The van der Waals surface area contributed by atoms with Crippen LogP contribution in [-0.4, -0.2) is 36.8 Å². The van der Waals surface area contributed by atoms with Crippen molar-refractivity contribution in [1.29, 1.82) is 0 Å². The van der Waals surface area contributed by atoms with Gasteiger partial charge in [0.1, 0.15) is 0 Å². The van der Waals surface area contributed by atoms with Gasteiger partial charge in [-0.3, -0.25) is 14.2 Å². The Morgan fingerprint density at radius 2 is 1.88 bits per heavy atom. The minimum Gasteiger partial charge on any atom is -0.321 e. The second-order valence-corrected chi connectivity index (χ2v) is 8.49. The molecular formula is C17H20N4O3S. The SMILES string of the molecule is O=C(Nc1ccc(N2CCCS2(=O)=O)cc1)c1n[nH]c2c1CCCC2. The van der Waals surface area contributed by atoms with Crippen molar-refractivity contribution in [2.24, 2.45) is 0 Å². The molecule has 132 valence electrons. The Morgan fingerprint density at radius 3 is 2.60 bits per heavy atom. The van der Waals surface area contributed by atoms with E-state index in [0.717, 1.165) is 36.9 Å². The van der Waals surface area contributed by atoms with Gasteiger partial charge in [0.25, 0.3) is 5.91 Å². The number of aromatic nitrogens is 2. The van der Waals surface area contributed by atoms with Crippen LogP contribution in [0.2, 0.25) is 0 Å². The molecule has 0 spiro atoms. The van der Waals surface area contributed by atoms with Gasteiger partial charge in [-0.1, -0.05) is 0 Å². The van der Waals surface area contributed by atoms with Crippen LogP contribution in [0, 0.1) is 0 Å². The molecule has 1 fully saturated rings. The Hall–Kier alpha value is -2.35. The quantitative estimate of drug-likeness (QED) is 0.876. The molecule has 8 heteroatoms. The van der Waals surface area contributed by atoms with Gasteiger partial charge in [0.05, 0.1) is 11.4 Å². The first-order valence-corrected chi connectivity index (χ1v) is 10.1. The Labute approximate surface area is 146 Å². The summed E-state index contributed by atoms with van der Waals surface area (Å²) in [6, 6.07) is 6.89. The van der Waals surface area contributed by atoms with Crippen LogP contribution in [0.5, 0.6) is 0 Å². The van der Waals surface area contributed by atoms with E-state index in [1.54, 1.807) is 24.3 Å². The second kappa shape index (κ2) is 6.18. The summed E-state index contributed by atoms with van der Waals surface area (Å²) >= 11 is 0. The van der Waals surface area contributed by atoms with Crippen molar-refractivity contribution < 1.29 is 13.2 Å². The Balaban J connectivity index is 1.50. The lowest BCUT2D eigenvalue weighted by atomic mass is 9.96. The highest BCUT2D eigenvalue weighted by Gasteiger charge is 2.28. The number of aryl methyl sites for hydroxylation is 1. The fourth-order valence-corrected chi connectivity index (χ4v) is 5.06. The van der Waals surface area contributed by atoms with E-state index in [9.17, 15) is 13.2 Å². The maximum absolute atomic E-state index is 12.5. The van der Waals surface area contributed by atoms with E-state index in [0.29, 0.717) is 30.0 Å². The largest absolute Gasteiger partial charge is 0.321 e. The molecule has 1 aliphatic carbocycles. The Morgan fingerprint density at radius 1 is 1.12 bits per heavy atom. The van der Waals surface area contributed by atoms with Crippen LogP contribution in [0.25, 0.3) is 0 Å². The molecule has 25 heavy (non-hydrogen) atoms. The molecule has 0 bridgehead atoms. The smallest absolute Gasteiger partial charge is 0.276 e. The molecule has 0 unspecified atom stereocenters. The van der Waals surface area contributed by atoms with Crippen molar-refractivity contribution in [3.8, 4) is 0 Å². The molecule has 1 aromatic carbocycles. The number of fused-ring (bicyclic) bond motifs is 1. The van der Waals surface area contributed by atoms with Gasteiger partial charge in [0.15, 0.2) is 5.69 Å². The number of benzene rings is 1. The Kier molecular flexibility index (Phi) is 3.99. The van der Waals surface area contributed by atoms with Crippen LogP contribution >= 0.6 is 0 Å². The van der Waals surface area contributed by atoms with Gasteiger partial charge >= 0.3 is 0 Å². The molecule has 2 heterocycles. The van der Waals surface area contributed by atoms with Crippen molar-refractivity contribution >= 4 is 27.3 Å². The number of hydrogen-bond acceptors (Lipinski definition) is 4. The van der Waals surface area contributed by atoms with Crippen LogP contribution in [0.3, 0.4) is 0 Å². The Bertz CT molecular complexity index is 902. The highest BCUT2D eigenvalue weighted by atomic mass is 32.2. The number of sulfonamides is 1. The van der Waals surface area contributed by atoms with Crippen molar-refractivity contribution in [1.82, 2.24) is 10.2 Å². The average molecular weight is 360 g/mol. The molecule has 1 amide bonds. The third-order valence-electron chi connectivity index (χ3n) is 4.78. The molecule has 1 aromatic heterocycles. The molecule has 0 atom stereocenters. The molecule has 1 aliphatic heterocycles. The lowest BCUT2D eigenvalue weighted by Crippen LogP contribution is -2.25. The number of aromatic amines is 1. The lowest BCUT2D eigenvalue weighted by molar-refractivity contribution is 0.102. The molecule has 2 N–H and O–H groups in total. The predicted octanol–water partition coefficient (Wildman–Crippen LogP) is 2.08. The lowest BCUT2D eigenvalue weighted by Gasteiger charge is -2.17. The molecule has 2 aliphatic rings. The van der Waals surface area contributed by atoms with E-state index in [2.05, 4.69) is 15.5 Å². The van der Waals surface area contributed by atoms with Gasteiger partial charge in [0.2, 0.25) is 10.0 Å². The van der Waals surface area contributed by atoms with Crippen molar-refractivity contribution in [2.45, 2.75) is 32.1 Å². The summed E-state index contributed by atoms with van der Waals surface area (Å²) < 4.78 is 25.3. The summed E-state index contributed by atoms with van der Waals surface area (Å²) in [5, 5.41) is 9.98. The van der Waals surface area contributed by atoms with Crippen LogP contribution in [-0.2, 0) is 22.9 Å². The monoisotopic (exact) mass is 360 g/mol. The standard InChI is InChI=1S/C17H20N4O3S/c22-17(16-14-4-1-2-5-15(14)19-20-16)18-12-6-8-13(9-7-12)21-10-3-11-25(21,23)24/h6-9H,1-5,10-11H2,(H,18,22)(H,19,20). The fourth-order valence-electron chi connectivity index (χ4n) is 3.50. The molecule has 1 saturated heterocycles. The van der Waals surface area contributed by atoms with Gasteiger partial charge in [-0.25, -0.2) is 8.42 Å². The minimum absolute atomic E-state index is 0.190. The van der Waals surface area contributed by atoms with E-state index in [4.69, 9.17) is 0 Å². The van der Waals surface area contributed by atoms with Crippen LogP contribution in [0.1, 0.15) is 41.0 Å². The van der Waals surface area contributed by atoms with E-state index >= 15 is 0 Å². The zero-order chi connectivity index (χ0) is 17.4. The van der Waals surface area contributed by atoms with Gasteiger partial charge in [-0.05, 0) is 56.4 Å². The first kappa shape index (κ1) is 16.1. The number of carbonyl (C=O) groups excluding carboxylic acids is 1. The number of nitrogens with one attached hydrogen (secondary N) is 2. The summed E-state index contributed by atoms with van der Waals surface area (Å²) in [4.78, 5) is 12.5. The second-order valence-electron chi connectivity index (χ2n) is 6.48. The average Bonchev–Trinajstić information content (AvgIpc) is 3.18. The number of rotatable bonds is 3. The zero-order valence-corrected chi connectivity index (χ0v) is 14.6. The molecule has 0 radical (unpaired) electrons. The predicted molar refractivity (Wildman–Crippen MR) is 95.4 cm³/mol. The number of carbonyl (C=O) groups is 1. The van der Waals surface area contributed by atoms with Crippen LogP contribution in [0.4, 0.5) is 11.4 Å². The van der Waals surface area contributed by atoms with Gasteiger partial charge in [0, 0.05) is 23.5 Å². The third kappa shape index (κ3) is 3.02. The van der Waals surface area contributed by atoms with Gasteiger partial charge in [-0.2, -0.15) is 5.10 Å². The normalized spacial score (nSPS) is 18.8. The van der Waals surface area contributed by atoms with Crippen molar-refractivity contribution in [3.05, 3.63) is 41.2 Å². The molecular weight excluding hydrogens is 340 g/mol. The number of H-pyrrole nitrogens is 1. The molecule has 4 rings (SSSR count). The number of hydrogen-bond donors (Lipinski definition) is 2. The summed E-state index contributed by atoms with van der Waals surface area (Å²) in [6.07, 6.45) is 4.66. The summed E-state index contributed by atoms with van der Waals surface area (Å²) in [6.45, 7) is 0.507. The minimum atomic E-state index is -3.19. The van der Waals surface area contributed by atoms with E-state index in [-0.39, 0.29) is 11.7 Å². The number of nitrogens with zero attached hydrogens (tertiary/aromatic N) is 2. The number of amides is 1. The van der Waals surface area contributed by atoms with Gasteiger partial charge < -0.3 is 5.32 Å². The number of anilines is 2. The van der Waals surface area contributed by atoms with E-state index in [1.807, 2.05) is 0 Å². The first-order chi connectivity index (χ1) is 12.0. The fraction of sp³-hybridized carbons (Fsp3) is 0.412. The zero-order valence-electron chi connectivity index (χ0n) is 13.8. The summed E-state index contributed by atoms with van der Waals surface area (Å²) in [7, 11) is -3.19. The maximum atomic E-state index is 12.5. The third-order valence-corrected chi connectivity index (χ3v) is 6.65. The summed E-state index contributed by atoms with van der Waals surface area (Å²) in [5.41, 5.74) is 3.79. The highest BCUT2D eigenvalue weighted by Crippen LogP contribution is 2.26. The van der Waals surface area contributed by atoms with E-state index < -0.39 is 10.0 Å². The molecule has 2 aromatic rings. The molecule has 7 nitrogen and oxygen atoms in total. The van der Waals surface area contributed by atoms with Gasteiger partial charge in [-0.15, -0.1) is 0 Å². The highest BCUT2D eigenvalue weighted by molar-refractivity contribution is 7.93. The van der Waals surface area contributed by atoms with Crippen molar-refractivity contribution in [3.63, 3.8) is 0 Å².